The predicted molar refractivity (Wildman–Crippen MR) is 75.6 cm³/mol. The van der Waals surface area contributed by atoms with Gasteiger partial charge < -0.3 is 10.2 Å². The molecule has 2 saturated heterocycles. The van der Waals surface area contributed by atoms with E-state index in [4.69, 9.17) is 11.6 Å². The molecule has 4 heteroatoms. The largest absolute Gasteiger partial charge is 0.349 e. The highest BCUT2D eigenvalue weighted by Gasteiger charge is 2.42. The molecule has 1 aromatic rings. The van der Waals surface area contributed by atoms with E-state index >= 15 is 0 Å². The molecule has 2 bridgehead atoms. The molecule has 3 rings (SSSR count). The Balaban J connectivity index is 1.63. The number of rotatable bonds is 2. The first-order valence-corrected chi connectivity index (χ1v) is 7.41. The molecule has 2 N–H and O–H groups in total. The molecular formula is C15H20ClN2O+. The van der Waals surface area contributed by atoms with E-state index in [0.29, 0.717) is 16.6 Å². The lowest BCUT2D eigenvalue weighted by atomic mass is 9.97. The molecule has 4 atom stereocenters. The lowest BCUT2D eigenvalue weighted by molar-refractivity contribution is -0.922. The van der Waals surface area contributed by atoms with Gasteiger partial charge in [0.1, 0.15) is 0 Å². The third-order valence-electron chi connectivity index (χ3n) is 4.73. The Bertz CT molecular complexity index is 460. The molecule has 0 spiro atoms. The summed E-state index contributed by atoms with van der Waals surface area (Å²) in [5.74, 6) is 0.0284. The summed E-state index contributed by atoms with van der Waals surface area (Å²) in [6.45, 7) is 0. The SMILES string of the molecule is C[NH+]1[C@@H]2CC[C@H]1CC(NC(=O)c1ccc(Cl)cc1)C2. The van der Waals surface area contributed by atoms with Crippen LogP contribution in [0.1, 0.15) is 36.0 Å². The van der Waals surface area contributed by atoms with Crippen molar-refractivity contribution in [3.8, 4) is 0 Å². The monoisotopic (exact) mass is 279 g/mol. The summed E-state index contributed by atoms with van der Waals surface area (Å²) in [5, 5.41) is 3.84. The maximum Gasteiger partial charge on any atom is 0.251 e. The quantitative estimate of drug-likeness (QED) is 0.840. The van der Waals surface area contributed by atoms with Crippen molar-refractivity contribution < 1.29 is 9.69 Å². The highest BCUT2D eigenvalue weighted by atomic mass is 35.5. The van der Waals surface area contributed by atoms with Crippen LogP contribution in [0.2, 0.25) is 5.02 Å². The van der Waals surface area contributed by atoms with Crippen molar-refractivity contribution in [3.63, 3.8) is 0 Å². The summed E-state index contributed by atoms with van der Waals surface area (Å²) >= 11 is 5.84. The molecule has 2 heterocycles. The Morgan fingerprint density at radius 2 is 1.79 bits per heavy atom. The van der Waals surface area contributed by atoms with Crippen LogP contribution in [0.25, 0.3) is 0 Å². The van der Waals surface area contributed by atoms with E-state index in [1.165, 1.54) is 12.8 Å². The maximum atomic E-state index is 12.2. The number of carbonyl (C=O) groups excluding carboxylic acids is 1. The van der Waals surface area contributed by atoms with Crippen molar-refractivity contribution in [1.82, 2.24) is 5.32 Å². The summed E-state index contributed by atoms with van der Waals surface area (Å²) in [5.41, 5.74) is 0.697. The van der Waals surface area contributed by atoms with Gasteiger partial charge in [0.2, 0.25) is 0 Å². The Labute approximate surface area is 118 Å². The number of hydrogen-bond acceptors (Lipinski definition) is 1. The number of piperidine rings is 1. The van der Waals surface area contributed by atoms with E-state index in [-0.39, 0.29) is 5.91 Å². The molecule has 0 aliphatic carbocycles. The van der Waals surface area contributed by atoms with Crippen molar-refractivity contribution in [2.45, 2.75) is 43.8 Å². The second-order valence-electron chi connectivity index (χ2n) is 5.86. The molecule has 0 radical (unpaired) electrons. The molecule has 3 nitrogen and oxygen atoms in total. The fourth-order valence-corrected chi connectivity index (χ4v) is 3.70. The number of nitrogens with one attached hydrogen (secondary N) is 2. The van der Waals surface area contributed by atoms with Gasteiger partial charge in [0.25, 0.3) is 5.91 Å². The highest BCUT2D eigenvalue weighted by Crippen LogP contribution is 2.22. The molecule has 2 aliphatic rings. The van der Waals surface area contributed by atoms with Gasteiger partial charge in [-0.05, 0) is 24.3 Å². The number of hydrogen-bond donors (Lipinski definition) is 2. The summed E-state index contributed by atoms with van der Waals surface area (Å²) < 4.78 is 0. The normalized spacial score (nSPS) is 33.2. The molecule has 1 aromatic carbocycles. The number of quaternary nitrogens is 1. The fourth-order valence-electron chi connectivity index (χ4n) is 3.57. The van der Waals surface area contributed by atoms with Crippen LogP contribution in [0.3, 0.4) is 0 Å². The molecule has 102 valence electrons. The van der Waals surface area contributed by atoms with Crippen LogP contribution in [0.4, 0.5) is 0 Å². The molecule has 1 amide bonds. The summed E-state index contributed by atoms with van der Waals surface area (Å²) in [4.78, 5) is 13.8. The maximum absolute atomic E-state index is 12.2. The Morgan fingerprint density at radius 1 is 1.21 bits per heavy atom. The second-order valence-corrected chi connectivity index (χ2v) is 6.30. The van der Waals surface area contributed by atoms with Gasteiger partial charge in [0.05, 0.1) is 19.1 Å². The van der Waals surface area contributed by atoms with Gasteiger partial charge in [-0.1, -0.05) is 11.6 Å². The lowest BCUT2D eigenvalue weighted by Gasteiger charge is -2.33. The topological polar surface area (TPSA) is 33.5 Å². The molecule has 0 saturated carbocycles. The van der Waals surface area contributed by atoms with Crippen molar-refractivity contribution in [3.05, 3.63) is 34.9 Å². The summed E-state index contributed by atoms with van der Waals surface area (Å²) in [6, 6.07) is 8.89. The fraction of sp³-hybridized carbons (Fsp3) is 0.533. The minimum absolute atomic E-state index is 0.0284. The van der Waals surface area contributed by atoms with E-state index in [0.717, 1.165) is 24.9 Å². The lowest BCUT2D eigenvalue weighted by Crippen LogP contribution is -3.15. The smallest absolute Gasteiger partial charge is 0.251 e. The van der Waals surface area contributed by atoms with Crippen molar-refractivity contribution >= 4 is 17.5 Å². The second kappa shape index (κ2) is 5.14. The minimum Gasteiger partial charge on any atom is -0.349 e. The zero-order valence-electron chi connectivity index (χ0n) is 11.2. The van der Waals surface area contributed by atoms with Crippen molar-refractivity contribution in [1.29, 1.82) is 0 Å². The van der Waals surface area contributed by atoms with E-state index < -0.39 is 0 Å². The Morgan fingerprint density at radius 3 is 2.37 bits per heavy atom. The number of carbonyl (C=O) groups is 1. The van der Waals surface area contributed by atoms with Gasteiger partial charge in [-0.3, -0.25) is 4.79 Å². The number of benzene rings is 1. The van der Waals surface area contributed by atoms with Crippen molar-refractivity contribution in [2.24, 2.45) is 0 Å². The van der Waals surface area contributed by atoms with E-state index in [1.54, 1.807) is 29.2 Å². The standard InChI is InChI=1S/C15H19ClN2O/c1-18-13-6-7-14(18)9-12(8-13)17-15(19)10-2-4-11(16)5-3-10/h2-5,12-14H,6-9H2,1H3,(H,17,19)/p+1/t12?,13-,14+. The first kappa shape index (κ1) is 12.9. The zero-order valence-corrected chi connectivity index (χ0v) is 11.9. The number of halogens is 1. The third-order valence-corrected chi connectivity index (χ3v) is 4.98. The van der Waals surface area contributed by atoms with Gasteiger partial charge in [-0.2, -0.15) is 0 Å². The van der Waals surface area contributed by atoms with Gasteiger partial charge in [0.15, 0.2) is 0 Å². The first-order chi connectivity index (χ1) is 9.13. The van der Waals surface area contributed by atoms with Crippen LogP contribution < -0.4 is 10.2 Å². The molecule has 2 unspecified atom stereocenters. The van der Waals surface area contributed by atoms with Crippen LogP contribution in [-0.4, -0.2) is 31.1 Å². The third kappa shape index (κ3) is 2.63. The minimum atomic E-state index is 0.0284. The number of amides is 1. The average molecular weight is 280 g/mol. The van der Waals surface area contributed by atoms with Gasteiger partial charge in [0, 0.05) is 42.3 Å². The van der Waals surface area contributed by atoms with Crippen molar-refractivity contribution in [2.75, 3.05) is 7.05 Å². The summed E-state index contributed by atoms with van der Waals surface area (Å²) in [6.07, 6.45) is 4.84. The van der Waals surface area contributed by atoms with E-state index in [2.05, 4.69) is 12.4 Å². The van der Waals surface area contributed by atoms with E-state index in [9.17, 15) is 4.79 Å². The molecule has 2 aliphatic heterocycles. The average Bonchev–Trinajstić information content (AvgIpc) is 2.63. The zero-order chi connectivity index (χ0) is 13.4. The number of fused-ring (bicyclic) bond motifs is 2. The Hall–Kier alpha value is -1.06. The van der Waals surface area contributed by atoms with Crippen LogP contribution >= 0.6 is 11.6 Å². The van der Waals surface area contributed by atoms with Crippen LogP contribution in [-0.2, 0) is 0 Å². The molecule has 2 fully saturated rings. The van der Waals surface area contributed by atoms with Crippen LogP contribution in [0.5, 0.6) is 0 Å². The highest BCUT2D eigenvalue weighted by molar-refractivity contribution is 6.30. The molecular weight excluding hydrogens is 260 g/mol. The Kier molecular flexibility index (Phi) is 3.50. The molecule has 0 aromatic heterocycles. The van der Waals surface area contributed by atoms with Gasteiger partial charge >= 0.3 is 0 Å². The molecule has 19 heavy (non-hydrogen) atoms. The van der Waals surface area contributed by atoms with Gasteiger partial charge in [-0.25, -0.2) is 0 Å². The van der Waals surface area contributed by atoms with Crippen LogP contribution in [0, 0.1) is 0 Å². The predicted octanol–water partition coefficient (Wildman–Crippen LogP) is 1.28. The first-order valence-electron chi connectivity index (χ1n) is 7.03. The summed E-state index contributed by atoms with van der Waals surface area (Å²) in [7, 11) is 2.29. The van der Waals surface area contributed by atoms with Gasteiger partial charge in [-0.15, -0.1) is 0 Å². The van der Waals surface area contributed by atoms with Crippen LogP contribution in [0.15, 0.2) is 24.3 Å². The van der Waals surface area contributed by atoms with E-state index in [1.807, 2.05) is 0 Å².